The molecule has 1 amide bonds. The van der Waals surface area contributed by atoms with Crippen LogP contribution in [-0.4, -0.2) is 47.2 Å². The number of hydrogen-bond acceptors (Lipinski definition) is 3. The Morgan fingerprint density at radius 1 is 0.966 bits per heavy atom. The fraction of sp³-hybridized carbons (Fsp3) is 0.333. The predicted octanol–water partition coefficient (Wildman–Crippen LogP) is 3.99. The maximum atomic E-state index is 12.8. The van der Waals surface area contributed by atoms with Crippen LogP contribution in [0.15, 0.2) is 60.9 Å². The van der Waals surface area contributed by atoms with Crippen LogP contribution >= 0.6 is 0 Å². The van der Waals surface area contributed by atoms with E-state index < -0.39 is 0 Å². The van der Waals surface area contributed by atoms with E-state index in [1.807, 2.05) is 30.6 Å². The van der Waals surface area contributed by atoms with Gasteiger partial charge in [-0.2, -0.15) is 5.10 Å². The van der Waals surface area contributed by atoms with Crippen LogP contribution in [0, 0.1) is 5.92 Å². The third-order valence-corrected chi connectivity index (χ3v) is 6.34. The number of aromatic amines is 1. The van der Waals surface area contributed by atoms with Crippen LogP contribution in [0.5, 0.6) is 0 Å². The number of rotatable bonds is 4. The Morgan fingerprint density at radius 3 is 2.52 bits per heavy atom. The molecule has 0 atom stereocenters. The summed E-state index contributed by atoms with van der Waals surface area (Å²) in [6, 6.07) is 16.8. The van der Waals surface area contributed by atoms with Crippen LogP contribution in [0.1, 0.15) is 28.8 Å². The summed E-state index contributed by atoms with van der Waals surface area (Å²) in [5, 5.41) is 6.89. The highest BCUT2D eigenvalue weighted by atomic mass is 16.2. The molecule has 2 aliphatic rings. The number of carbonyl (C=O) groups is 1. The van der Waals surface area contributed by atoms with Crippen molar-refractivity contribution in [3.8, 4) is 11.1 Å². The molecule has 1 fully saturated rings. The van der Waals surface area contributed by atoms with Gasteiger partial charge in [0.25, 0.3) is 5.91 Å². The van der Waals surface area contributed by atoms with Crippen molar-refractivity contribution in [2.75, 3.05) is 31.1 Å². The first-order valence-electron chi connectivity index (χ1n) is 10.5. The maximum Gasteiger partial charge on any atom is 0.254 e. The summed E-state index contributed by atoms with van der Waals surface area (Å²) in [5.41, 5.74) is 5.67. The largest absolute Gasteiger partial charge is 0.372 e. The zero-order valence-electron chi connectivity index (χ0n) is 16.6. The predicted molar refractivity (Wildman–Crippen MR) is 115 cm³/mol. The van der Waals surface area contributed by atoms with Crippen molar-refractivity contribution in [2.24, 2.45) is 5.92 Å². The van der Waals surface area contributed by atoms with Crippen molar-refractivity contribution in [2.45, 2.75) is 19.3 Å². The number of fused-ring (bicyclic) bond motifs is 1. The molecule has 0 saturated carbocycles. The number of amides is 1. The summed E-state index contributed by atoms with van der Waals surface area (Å²) >= 11 is 0. The molecule has 5 heteroatoms. The normalized spacial score (nSPS) is 17.4. The summed E-state index contributed by atoms with van der Waals surface area (Å²) in [6.07, 6.45) is 7.01. The molecule has 0 bridgehead atoms. The number of H-pyrrole nitrogens is 1. The lowest BCUT2D eigenvalue weighted by Crippen LogP contribution is -2.43. The van der Waals surface area contributed by atoms with Crippen molar-refractivity contribution in [3.63, 3.8) is 0 Å². The average Bonchev–Trinajstić information content (AvgIpc) is 3.32. The molecular weight excluding hydrogens is 360 g/mol. The van der Waals surface area contributed by atoms with E-state index >= 15 is 0 Å². The molecule has 0 spiro atoms. The van der Waals surface area contributed by atoms with Gasteiger partial charge in [0, 0.05) is 49.2 Å². The van der Waals surface area contributed by atoms with E-state index in [9.17, 15) is 4.79 Å². The third kappa shape index (κ3) is 3.65. The maximum absolute atomic E-state index is 12.8. The van der Waals surface area contributed by atoms with Gasteiger partial charge < -0.3 is 9.80 Å². The minimum absolute atomic E-state index is 0.212. The summed E-state index contributed by atoms with van der Waals surface area (Å²) in [4.78, 5) is 17.3. The van der Waals surface area contributed by atoms with Gasteiger partial charge >= 0.3 is 0 Å². The molecule has 148 valence electrons. The van der Waals surface area contributed by atoms with Gasteiger partial charge in [-0.3, -0.25) is 9.89 Å². The highest BCUT2D eigenvalue weighted by Gasteiger charge is 2.28. The van der Waals surface area contributed by atoms with E-state index in [4.69, 9.17) is 0 Å². The minimum Gasteiger partial charge on any atom is -0.372 e. The van der Waals surface area contributed by atoms with Crippen LogP contribution in [0.25, 0.3) is 11.1 Å². The van der Waals surface area contributed by atoms with Gasteiger partial charge in [0.2, 0.25) is 0 Å². The fourth-order valence-corrected chi connectivity index (χ4v) is 4.61. The van der Waals surface area contributed by atoms with E-state index in [0.717, 1.165) is 56.6 Å². The first-order valence-corrected chi connectivity index (χ1v) is 10.5. The summed E-state index contributed by atoms with van der Waals surface area (Å²) < 4.78 is 0. The topological polar surface area (TPSA) is 52.2 Å². The van der Waals surface area contributed by atoms with Gasteiger partial charge in [0.05, 0.1) is 6.20 Å². The molecule has 3 aromatic rings. The second-order valence-electron chi connectivity index (χ2n) is 8.12. The number of anilines is 1. The molecule has 1 N–H and O–H groups in total. The molecule has 5 rings (SSSR count). The Morgan fingerprint density at radius 2 is 1.76 bits per heavy atom. The Kier molecular flexibility index (Phi) is 4.80. The molecule has 2 aliphatic heterocycles. The molecular formula is C24H26N4O. The van der Waals surface area contributed by atoms with E-state index in [1.165, 1.54) is 16.8 Å². The average molecular weight is 386 g/mol. The molecule has 2 aromatic carbocycles. The molecule has 0 radical (unpaired) electrons. The first kappa shape index (κ1) is 18.0. The second-order valence-corrected chi connectivity index (χ2v) is 8.12. The number of piperidine rings is 1. The Balaban J connectivity index is 1.18. The van der Waals surface area contributed by atoms with Gasteiger partial charge in [-0.25, -0.2) is 0 Å². The molecule has 1 saturated heterocycles. The molecule has 0 unspecified atom stereocenters. The molecule has 29 heavy (non-hydrogen) atoms. The number of benzene rings is 2. The molecule has 0 aliphatic carbocycles. The Bertz CT molecular complexity index is 972. The van der Waals surface area contributed by atoms with Crippen molar-refractivity contribution < 1.29 is 4.79 Å². The zero-order chi connectivity index (χ0) is 19.6. The van der Waals surface area contributed by atoms with Gasteiger partial charge in [0.1, 0.15) is 0 Å². The van der Waals surface area contributed by atoms with Crippen LogP contribution in [-0.2, 0) is 6.42 Å². The third-order valence-electron chi connectivity index (χ3n) is 6.34. The number of carbonyl (C=O) groups excluding carboxylic acids is 1. The van der Waals surface area contributed by atoms with E-state index in [-0.39, 0.29) is 5.91 Å². The number of hydrogen-bond donors (Lipinski definition) is 1. The highest BCUT2D eigenvalue weighted by Crippen LogP contribution is 2.28. The van der Waals surface area contributed by atoms with Crippen molar-refractivity contribution in [1.29, 1.82) is 0 Å². The minimum atomic E-state index is 0.212. The lowest BCUT2D eigenvalue weighted by atomic mass is 9.93. The molecule has 1 aromatic heterocycles. The number of nitrogens with zero attached hydrogens (tertiary/aromatic N) is 3. The summed E-state index contributed by atoms with van der Waals surface area (Å²) in [7, 11) is 0. The smallest absolute Gasteiger partial charge is 0.254 e. The molecule has 3 heterocycles. The van der Waals surface area contributed by atoms with Gasteiger partial charge in [-0.05, 0) is 54.5 Å². The van der Waals surface area contributed by atoms with Crippen LogP contribution < -0.4 is 4.90 Å². The lowest BCUT2D eigenvalue weighted by Gasteiger charge is -2.37. The van der Waals surface area contributed by atoms with E-state index in [0.29, 0.717) is 5.92 Å². The Hall–Kier alpha value is -3.08. The standard InChI is InChI=1S/C24H26N4O/c29-24-23-4-2-1-3-20(23)11-14-28(24)17-18-9-12-27(13-10-18)22-7-5-19(6-8-22)21-15-25-26-16-21/h1-8,15-16,18H,9-14,17H2,(H,25,26). The first-order chi connectivity index (χ1) is 14.3. The van der Waals surface area contributed by atoms with Crippen molar-refractivity contribution in [1.82, 2.24) is 15.1 Å². The van der Waals surface area contributed by atoms with Crippen LogP contribution in [0.3, 0.4) is 0 Å². The van der Waals surface area contributed by atoms with Gasteiger partial charge in [-0.15, -0.1) is 0 Å². The van der Waals surface area contributed by atoms with Crippen LogP contribution in [0.4, 0.5) is 5.69 Å². The fourth-order valence-electron chi connectivity index (χ4n) is 4.61. The number of aromatic nitrogens is 2. The van der Waals surface area contributed by atoms with Crippen molar-refractivity contribution in [3.05, 3.63) is 72.1 Å². The van der Waals surface area contributed by atoms with Crippen molar-refractivity contribution >= 4 is 11.6 Å². The van der Waals surface area contributed by atoms with Gasteiger partial charge in [0.15, 0.2) is 0 Å². The lowest BCUT2D eigenvalue weighted by molar-refractivity contribution is 0.0702. The Labute approximate surface area is 171 Å². The number of nitrogens with one attached hydrogen (secondary N) is 1. The van der Waals surface area contributed by atoms with E-state index in [1.54, 1.807) is 0 Å². The van der Waals surface area contributed by atoms with Crippen LogP contribution in [0.2, 0.25) is 0 Å². The summed E-state index contributed by atoms with van der Waals surface area (Å²) in [6.45, 7) is 3.84. The second kappa shape index (κ2) is 7.74. The monoisotopic (exact) mass is 386 g/mol. The van der Waals surface area contributed by atoms with E-state index in [2.05, 4.69) is 50.3 Å². The van der Waals surface area contributed by atoms with Gasteiger partial charge in [-0.1, -0.05) is 30.3 Å². The highest BCUT2D eigenvalue weighted by molar-refractivity contribution is 5.96. The SMILES string of the molecule is O=C1c2ccccc2CCN1CC1CCN(c2ccc(-c3cn[nH]c3)cc2)CC1. The summed E-state index contributed by atoms with van der Waals surface area (Å²) in [5.74, 6) is 0.801. The zero-order valence-corrected chi connectivity index (χ0v) is 16.6. The molecule has 5 nitrogen and oxygen atoms in total. The quantitative estimate of drug-likeness (QED) is 0.738.